The van der Waals surface area contributed by atoms with Crippen LogP contribution in [0.3, 0.4) is 0 Å². The molecule has 0 N–H and O–H groups in total. The quantitative estimate of drug-likeness (QED) is 0.412. The lowest BCUT2D eigenvalue weighted by Crippen LogP contribution is -2.27. The fraction of sp³-hybridized carbons (Fsp3) is 0.158. The van der Waals surface area contributed by atoms with Crippen molar-refractivity contribution in [2.24, 2.45) is 0 Å². The van der Waals surface area contributed by atoms with Gasteiger partial charge in [-0.25, -0.2) is 0 Å². The van der Waals surface area contributed by atoms with Gasteiger partial charge in [-0.1, -0.05) is 18.2 Å². The molecule has 0 bridgehead atoms. The Labute approximate surface area is 164 Å². The van der Waals surface area contributed by atoms with Gasteiger partial charge in [0.05, 0.1) is 30.6 Å². The first-order valence-electron chi connectivity index (χ1n) is 8.13. The normalized spacial score (nSPS) is 15.2. The minimum atomic E-state index is -0.504. The second-order valence-electron chi connectivity index (χ2n) is 5.81. The van der Waals surface area contributed by atoms with E-state index >= 15 is 0 Å². The summed E-state index contributed by atoms with van der Waals surface area (Å²) >= 11 is 0.846. The number of carbonyl (C=O) groups is 2. The van der Waals surface area contributed by atoms with Gasteiger partial charge in [0.15, 0.2) is 11.5 Å². The number of non-ortho nitro benzene ring substituents is 1. The smallest absolute Gasteiger partial charge is 0.293 e. The van der Waals surface area contributed by atoms with Crippen LogP contribution < -0.4 is 9.47 Å². The van der Waals surface area contributed by atoms with Gasteiger partial charge in [-0.05, 0) is 41.1 Å². The van der Waals surface area contributed by atoms with E-state index in [1.54, 1.807) is 24.3 Å². The number of hydrogen-bond acceptors (Lipinski definition) is 7. The highest BCUT2D eigenvalue weighted by Crippen LogP contribution is 2.35. The van der Waals surface area contributed by atoms with E-state index < -0.39 is 16.1 Å². The van der Waals surface area contributed by atoms with Gasteiger partial charge in [-0.3, -0.25) is 24.6 Å². The highest BCUT2D eigenvalue weighted by molar-refractivity contribution is 8.18. The number of nitrogens with zero attached hydrogens (tertiary/aromatic N) is 2. The monoisotopic (exact) mass is 400 g/mol. The summed E-state index contributed by atoms with van der Waals surface area (Å²) in [5, 5.41) is 10.3. The number of imide groups is 1. The molecule has 2 aromatic rings. The lowest BCUT2D eigenvalue weighted by Gasteiger charge is -2.12. The van der Waals surface area contributed by atoms with E-state index in [-0.39, 0.29) is 12.2 Å². The second-order valence-corrected chi connectivity index (χ2v) is 6.80. The molecule has 144 valence electrons. The van der Waals surface area contributed by atoms with Crippen LogP contribution in [-0.2, 0) is 11.3 Å². The van der Waals surface area contributed by atoms with Crippen molar-refractivity contribution in [1.82, 2.24) is 4.90 Å². The Kier molecular flexibility index (Phi) is 5.65. The topological polar surface area (TPSA) is 99.0 Å². The van der Waals surface area contributed by atoms with Crippen LogP contribution >= 0.6 is 11.8 Å². The van der Waals surface area contributed by atoms with E-state index in [1.807, 2.05) is 0 Å². The van der Waals surface area contributed by atoms with E-state index in [9.17, 15) is 19.7 Å². The molecule has 1 saturated heterocycles. The molecule has 0 aliphatic carbocycles. The van der Waals surface area contributed by atoms with E-state index in [2.05, 4.69) is 0 Å². The third kappa shape index (κ3) is 3.99. The summed E-state index contributed by atoms with van der Waals surface area (Å²) in [4.78, 5) is 36.5. The molecule has 3 rings (SSSR count). The molecule has 1 heterocycles. The van der Waals surface area contributed by atoms with Gasteiger partial charge in [0.1, 0.15) is 0 Å². The highest BCUT2D eigenvalue weighted by atomic mass is 32.2. The van der Waals surface area contributed by atoms with Crippen molar-refractivity contribution in [1.29, 1.82) is 0 Å². The molecule has 0 saturated carbocycles. The van der Waals surface area contributed by atoms with Gasteiger partial charge in [0.2, 0.25) is 0 Å². The van der Waals surface area contributed by atoms with Crippen molar-refractivity contribution >= 4 is 34.7 Å². The summed E-state index contributed by atoms with van der Waals surface area (Å²) in [6.45, 7) is 0.0476. The Bertz CT molecular complexity index is 971. The number of ether oxygens (including phenoxy) is 2. The van der Waals surface area contributed by atoms with Gasteiger partial charge >= 0.3 is 0 Å². The number of hydrogen-bond donors (Lipinski definition) is 0. The first-order valence-corrected chi connectivity index (χ1v) is 8.95. The minimum Gasteiger partial charge on any atom is -0.493 e. The van der Waals surface area contributed by atoms with Crippen LogP contribution in [0, 0.1) is 10.1 Å². The number of nitro groups is 1. The minimum absolute atomic E-state index is 0.0476. The molecule has 28 heavy (non-hydrogen) atoms. The largest absolute Gasteiger partial charge is 0.493 e. The number of methoxy groups -OCH3 is 2. The fourth-order valence-corrected chi connectivity index (χ4v) is 3.47. The molecule has 1 aliphatic rings. The van der Waals surface area contributed by atoms with Crippen molar-refractivity contribution < 1.29 is 24.0 Å². The van der Waals surface area contributed by atoms with Gasteiger partial charge in [-0.15, -0.1) is 0 Å². The molecular weight excluding hydrogens is 384 g/mol. The Morgan fingerprint density at radius 1 is 1.07 bits per heavy atom. The predicted octanol–water partition coefficient (Wildman–Crippen LogP) is 3.85. The molecule has 0 radical (unpaired) electrons. The number of carbonyl (C=O) groups excluding carboxylic acids is 2. The first-order chi connectivity index (χ1) is 13.4. The zero-order valence-corrected chi connectivity index (χ0v) is 15.9. The van der Waals surface area contributed by atoms with Crippen LogP contribution in [0.4, 0.5) is 10.5 Å². The lowest BCUT2D eigenvalue weighted by molar-refractivity contribution is -0.384. The number of amides is 2. The van der Waals surface area contributed by atoms with Gasteiger partial charge < -0.3 is 9.47 Å². The Balaban J connectivity index is 1.79. The molecule has 9 heteroatoms. The Morgan fingerprint density at radius 3 is 2.36 bits per heavy atom. The molecule has 0 unspecified atom stereocenters. The van der Waals surface area contributed by atoms with Gasteiger partial charge in [-0.2, -0.15) is 0 Å². The maximum atomic E-state index is 12.6. The molecule has 0 aromatic heterocycles. The number of rotatable bonds is 6. The Hall–Kier alpha value is -3.33. The van der Waals surface area contributed by atoms with Crippen LogP contribution in [0.2, 0.25) is 0 Å². The zero-order valence-electron chi connectivity index (χ0n) is 15.1. The van der Waals surface area contributed by atoms with Crippen molar-refractivity contribution in [3.8, 4) is 11.5 Å². The van der Waals surface area contributed by atoms with Crippen molar-refractivity contribution in [2.75, 3.05) is 14.2 Å². The molecule has 2 amide bonds. The Morgan fingerprint density at radius 2 is 1.75 bits per heavy atom. The third-order valence-electron chi connectivity index (χ3n) is 4.07. The van der Waals surface area contributed by atoms with Crippen LogP contribution in [0.5, 0.6) is 11.5 Å². The standard InChI is InChI=1S/C19H16N2O6S/c1-26-15-8-5-13(9-16(15)27-2)10-17-18(22)20(19(23)28-17)11-12-3-6-14(7-4-12)21(24)25/h3-10H,11H2,1-2H3/b17-10+. The predicted molar refractivity (Wildman–Crippen MR) is 104 cm³/mol. The maximum absolute atomic E-state index is 12.6. The van der Waals surface area contributed by atoms with Crippen molar-refractivity contribution in [3.05, 3.63) is 68.6 Å². The summed E-state index contributed by atoms with van der Waals surface area (Å²) in [5.74, 6) is 0.662. The molecule has 2 aromatic carbocycles. The first kappa shape index (κ1) is 19.4. The summed E-state index contributed by atoms with van der Waals surface area (Å²) in [6.07, 6.45) is 1.61. The molecule has 0 spiro atoms. The van der Waals surface area contributed by atoms with E-state index in [4.69, 9.17) is 9.47 Å². The number of thioether (sulfide) groups is 1. The molecule has 1 aliphatic heterocycles. The average Bonchev–Trinajstić information content (AvgIpc) is 2.95. The molecule has 0 atom stereocenters. The molecular formula is C19H16N2O6S. The lowest BCUT2D eigenvalue weighted by atomic mass is 10.1. The number of nitro benzene ring substituents is 1. The zero-order chi connectivity index (χ0) is 20.3. The summed E-state index contributed by atoms with van der Waals surface area (Å²) in [5.41, 5.74) is 1.27. The van der Waals surface area contributed by atoms with Gasteiger partial charge in [0.25, 0.3) is 16.8 Å². The fourth-order valence-electron chi connectivity index (χ4n) is 2.64. The average molecular weight is 400 g/mol. The molecule has 8 nitrogen and oxygen atoms in total. The highest BCUT2D eigenvalue weighted by Gasteiger charge is 2.35. The van der Waals surface area contributed by atoms with Crippen LogP contribution in [0.15, 0.2) is 47.4 Å². The summed E-state index contributed by atoms with van der Waals surface area (Å²) < 4.78 is 10.4. The SMILES string of the molecule is COc1ccc(/C=C2/SC(=O)N(Cc3ccc([N+](=O)[O-])cc3)C2=O)cc1OC. The van der Waals surface area contributed by atoms with Crippen molar-refractivity contribution in [3.63, 3.8) is 0 Å². The summed E-state index contributed by atoms with van der Waals surface area (Å²) in [6, 6.07) is 10.9. The van der Waals surface area contributed by atoms with E-state index in [0.29, 0.717) is 27.5 Å². The summed E-state index contributed by atoms with van der Waals surface area (Å²) in [7, 11) is 3.04. The molecule has 1 fully saturated rings. The van der Waals surface area contributed by atoms with E-state index in [1.165, 1.54) is 38.5 Å². The van der Waals surface area contributed by atoms with Crippen LogP contribution in [0.25, 0.3) is 6.08 Å². The van der Waals surface area contributed by atoms with E-state index in [0.717, 1.165) is 16.7 Å². The van der Waals surface area contributed by atoms with Crippen molar-refractivity contribution in [2.45, 2.75) is 6.54 Å². The number of benzene rings is 2. The third-order valence-corrected chi connectivity index (χ3v) is 4.97. The second kappa shape index (κ2) is 8.13. The van der Waals surface area contributed by atoms with Crippen LogP contribution in [-0.4, -0.2) is 35.2 Å². The maximum Gasteiger partial charge on any atom is 0.293 e. The van der Waals surface area contributed by atoms with Gasteiger partial charge in [0, 0.05) is 12.1 Å². The van der Waals surface area contributed by atoms with Crippen LogP contribution in [0.1, 0.15) is 11.1 Å².